The predicted octanol–water partition coefficient (Wildman–Crippen LogP) is -0.0420. The zero-order valence-electron chi connectivity index (χ0n) is 10.4. The van der Waals surface area contributed by atoms with Gasteiger partial charge >= 0.3 is 5.97 Å². The average Bonchev–Trinajstić information content (AvgIpc) is 2.30. The topological polar surface area (TPSA) is 49.9 Å². The lowest BCUT2D eigenvalue weighted by Crippen LogP contribution is -2.44. The molecule has 0 aliphatic carbocycles. The third kappa shape index (κ3) is 2.95. The van der Waals surface area contributed by atoms with Gasteiger partial charge in [0, 0.05) is 20.1 Å². The molecule has 5 nitrogen and oxygen atoms in total. The minimum absolute atomic E-state index is 0.00255. The van der Waals surface area contributed by atoms with E-state index >= 15 is 0 Å². The summed E-state index contributed by atoms with van der Waals surface area (Å²) in [6, 6.07) is -0.387. The summed E-state index contributed by atoms with van der Waals surface area (Å²) >= 11 is 0. The summed E-state index contributed by atoms with van der Waals surface area (Å²) in [5.41, 5.74) is 0. The Hall–Kier alpha value is -1.10. The molecule has 1 saturated heterocycles. The van der Waals surface area contributed by atoms with Crippen LogP contribution in [0.1, 0.15) is 13.3 Å². The van der Waals surface area contributed by atoms with Gasteiger partial charge in [0.2, 0.25) is 5.91 Å². The number of rotatable bonds is 2. The Morgan fingerprint density at radius 1 is 1.44 bits per heavy atom. The Morgan fingerprint density at radius 2 is 2.06 bits per heavy atom. The standard InChI is InChI=1S/C11H20N2O3/c1-8-6-12(2)9(5-10(14)16-4)11(15)13(3)7-8/h8-9H,5-7H2,1-4H3. The molecule has 0 N–H and O–H groups in total. The molecule has 1 aliphatic heterocycles. The number of amides is 1. The van der Waals surface area contributed by atoms with Crippen LogP contribution in [-0.2, 0) is 14.3 Å². The highest BCUT2D eigenvalue weighted by atomic mass is 16.5. The van der Waals surface area contributed by atoms with Gasteiger partial charge in [-0.25, -0.2) is 0 Å². The van der Waals surface area contributed by atoms with Gasteiger partial charge in [0.05, 0.1) is 19.6 Å². The molecule has 2 unspecified atom stereocenters. The van der Waals surface area contributed by atoms with Crippen LogP contribution in [0.3, 0.4) is 0 Å². The quantitative estimate of drug-likeness (QED) is 0.622. The molecule has 2 atom stereocenters. The van der Waals surface area contributed by atoms with E-state index in [0.29, 0.717) is 5.92 Å². The molecule has 5 heteroatoms. The third-order valence-electron chi connectivity index (χ3n) is 2.97. The zero-order valence-corrected chi connectivity index (χ0v) is 10.4. The van der Waals surface area contributed by atoms with Gasteiger partial charge in [-0.3, -0.25) is 14.5 Å². The maximum atomic E-state index is 12.0. The number of carbonyl (C=O) groups is 2. The van der Waals surface area contributed by atoms with Gasteiger partial charge < -0.3 is 9.64 Å². The van der Waals surface area contributed by atoms with E-state index in [9.17, 15) is 9.59 Å². The van der Waals surface area contributed by atoms with E-state index in [4.69, 9.17) is 0 Å². The van der Waals surface area contributed by atoms with Gasteiger partial charge in [-0.15, -0.1) is 0 Å². The first-order valence-corrected chi connectivity index (χ1v) is 5.47. The molecule has 0 saturated carbocycles. The van der Waals surface area contributed by atoms with Gasteiger partial charge in [0.1, 0.15) is 0 Å². The number of nitrogens with zero attached hydrogens (tertiary/aromatic N) is 2. The van der Waals surface area contributed by atoms with Crippen LogP contribution in [0, 0.1) is 5.92 Å². The number of likely N-dealkylation sites (N-methyl/N-ethyl adjacent to an activating group) is 2. The normalized spacial score (nSPS) is 27.8. The minimum atomic E-state index is -0.387. The Morgan fingerprint density at radius 3 is 2.62 bits per heavy atom. The van der Waals surface area contributed by atoms with Crippen LogP contribution in [0.15, 0.2) is 0 Å². The maximum Gasteiger partial charge on any atom is 0.307 e. The van der Waals surface area contributed by atoms with Crippen molar-refractivity contribution in [1.82, 2.24) is 9.80 Å². The molecule has 0 radical (unpaired) electrons. The SMILES string of the molecule is COC(=O)CC1C(=O)N(C)CC(C)CN1C. The Labute approximate surface area is 96.3 Å². The highest BCUT2D eigenvalue weighted by molar-refractivity contribution is 5.86. The molecule has 0 aromatic heterocycles. The lowest BCUT2D eigenvalue weighted by atomic mass is 10.1. The van der Waals surface area contributed by atoms with Gasteiger partial charge in [-0.1, -0.05) is 6.92 Å². The first kappa shape index (κ1) is 13.0. The molecule has 1 fully saturated rings. The number of hydrogen-bond donors (Lipinski definition) is 0. The summed E-state index contributed by atoms with van der Waals surface area (Å²) in [6.45, 7) is 3.65. The van der Waals surface area contributed by atoms with Crippen LogP contribution in [0.2, 0.25) is 0 Å². The molecular weight excluding hydrogens is 208 g/mol. The van der Waals surface area contributed by atoms with Crippen molar-refractivity contribution < 1.29 is 14.3 Å². The van der Waals surface area contributed by atoms with Crippen LogP contribution in [0.25, 0.3) is 0 Å². The molecule has 1 amide bonds. The second-order valence-corrected chi connectivity index (χ2v) is 4.56. The van der Waals surface area contributed by atoms with E-state index in [1.54, 1.807) is 11.9 Å². The number of carbonyl (C=O) groups excluding carboxylic acids is 2. The van der Waals surface area contributed by atoms with Crippen LogP contribution < -0.4 is 0 Å². The zero-order chi connectivity index (χ0) is 12.3. The van der Waals surface area contributed by atoms with Crippen LogP contribution in [-0.4, -0.2) is 62.0 Å². The first-order valence-electron chi connectivity index (χ1n) is 5.47. The van der Waals surface area contributed by atoms with Gasteiger partial charge in [-0.2, -0.15) is 0 Å². The molecule has 0 spiro atoms. The Kier molecular flexibility index (Phi) is 4.29. The maximum absolute atomic E-state index is 12.0. The molecule has 0 bridgehead atoms. The lowest BCUT2D eigenvalue weighted by Gasteiger charge is -2.25. The highest BCUT2D eigenvalue weighted by Gasteiger charge is 2.33. The van der Waals surface area contributed by atoms with E-state index in [-0.39, 0.29) is 24.3 Å². The van der Waals surface area contributed by atoms with E-state index in [0.717, 1.165) is 13.1 Å². The van der Waals surface area contributed by atoms with Crippen molar-refractivity contribution in [3.8, 4) is 0 Å². The van der Waals surface area contributed by atoms with Gasteiger partial charge in [-0.05, 0) is 13.0 Å². The second kappa shape index (κ2) is 5.30. The largest absolute Gasteiger partial charge is 0.469 e. The van der Waals surface area contributed by atoms with Gasteiger partial charge in [0.25, 0.3) is 0 Å². The van der Waals surface area contributed by atoms with Gasteiger partial charge in [0.15, 0.2) is 0 Å². The smallest absolute Gasteiger partial charge is 0.307 e. The van der Waals surface area contributed by atoms with Crippen molar-refractivity contribution in [1.29, 1.82) is 0 Å². The average molecular weight is 228 g/mol. The number of esters is 1. The van der Waals surface area contributed by atoms with E-state index < -0.39 is 0 Å². The third-order valence-corrected chi connectivity index (χ3v) is 2.97. The molecule has 1 heterocycles. The summed E-state index contributed by atoms with van der Waals surface area (Å²) < 4.78 is 4.62. The molecule has 0 aromatic rings. The fraction of sp³-hybridized carbons (Fsp3) is 0.818. The number of hydrogen-bond acceptors (Lipinski definition) is 4. The van der Waals surface area contributed by atoms with E-state index in [1.165, 1.54) is 7.11 Å². The summed E-state index contributed by atoms with van der Waals surface area (Å²) in [5, 5.41) is 0. The van der Waals surface area contributed by atoms with Crippen molar-refractivity contribution in [3.05, 3.63) is 0 Å². The van der Waals surface area contributed by atoms with E-state index in [1.807, 2.05) is 11.9 Å². The predicted molar refractivity (Wildman–Crippen MR) is 59.9 cm³/mol. The van der Waals surface area contributed by atoms with Crippen molar-refractivity contribution in [3.63, 3.8) is 0 Å². The molecule has 16 heavy (non-hydrogen) atoms. The second-order valence-electron chi connectivity index (χ2n) is 4.56. The highest BCUT2D eigenvalue weighted by Crippen LogP contribution is 2.15. The summed E-state index contributed by atoms with van der Waals surface area (Å²) in [5.74, 6) is 0.0759. The van der Waals surface area contributed by atoms with Crippen LogP contribution in [0.5, 0.6) is 0 Å². The number of ether oxygens (including phenoxy) is 1. The van der Waals surface area contributed by atoms with Crippen molar-refractivity contribution in [2.24, 2.45) is 5.92 Å². The Balaban J connectivity index is 2.78. The van der Waals surface area contributed by atoms with Crippen molar-refractivity contribution in [2.75, 3.05) is 34.3 Å². The molecule has 1 aliphatic rings. The molecule has 1 rings (SSSR count). The van der Waals surface area contributed by atoms with Crippen molar-refractivity contribution in [2.45, 2.75) is 19.4 Å². The summed E-state index contributed by atoms with van der Waals surface area (Å²) in [4.78, 5) is 26.9. The lowest BCUT2D eigenvalue weighted by molar-refractivity contribution is -0.146. The Bertz CT molecular complexity index is 280. The van der Waals surface area contributed by atoms with Crippen LogP contribution >= 0.6 is 0 Å². The minimum Gasteiger partial charge on any atom is -0.469 e. The van der Waals surface area contributed by atoms with Crippen molar-refractivity contribution >= 4 is 11.9 Å². The first-order chi connectivity index (χ1) is 7.45. The summed E-state index contributed by atoms with van der Waals surface area (Å²) in [7, 11) is 5.00. The molecular formula is C11H20N2O3. The fourth-order valence-electron chi connectivity index (χ4n) is 2.16. The number of methoxy groups -OCH3 is 1. The van der Waals surface area contributed by atoms with E-state index in [2.05, 4.69) is 11.7 Å². The fourth-order valence-corrected chi connectivity index (χ4v) is 2.16. The molecule has 92 valence electrons. The summed E-state index contributed by atoms with van der Waals surface area (Å²) in [6.07, 6.45) is 0.128. The van der Waals surface area contributed by atoms with Crippen LogP contribution in [0.4, 0.5) is 0 Å². The molecule has 0 aromatic carbocycles. The monoisotopic (exact) mass is 228 g/mol.